The summed E-state index contributed by atoms with van der Waals surface area (Å²) in [5.41, 5.74) is 9.19. The minimum absolute atomic E-state index is 0.0367. The van der Waals surface area contributed by atoms with E-state index in [2.05, 4.69) is 38.2 Å². The molecule has 0 radical (unpaired) electrons. The quantitative estimate of drug-likeness (QED) is 0.806. The number of hydrogen-bond donors (Lipinski definition) is 2. The van der Waals surface area contributed by atoms with Gasteiger partial charge in [0, 0.05) is 12.2 Å². The first-order chi connectivity index (χ1) is 10.9. The highest BCUT2D eigenvalue weighted by Crippen LogP contribution is 2.51. The maximum Gasteiger partial charge on any atom is 0.407 e. The maximum absolute atomic E-state index is 11.9. The average Bonchev–Trinajstić information content (AvgIpc) is 2.42. The Morgan fingerprint density at radius 2 is 1.96 bits per heavy atom. The zero-order chi connectivity index (χ0) is 18.2. The lowest BCUT2D eigenvalue weighted by Crippen LogP contribution is -2.46. The molecule has 1 aliphatic carbocycles. The Hall–Kier alpha value is -1.71. The van der Waals surface area contributed by atoms with E-state index in [1.807, 2.05) is 26.8 Å². The standard InChI is InChI=1S/C20H32N2O2/c1-18(2,3)24-17(23)22-12-11-20(6)16-13-15(21)8-7-14(16)9-10-19(20,4)5/h7-8,13H,9-12,21H2,1-6H3,(H,22,23). The fourth-order valence-electron chi connectivity index (χ4n) is 3.62. The predicted octanol–water partition coefficient (Wildman–Crippen LogP) is 4.41. The van der Waals surface area contributed by atoms with E-state index in [0.717, 1.165) is 24.9 Å². The molecule has 1 aromatic carbocycles. The van der Waals surface area contributed by atoms with Crippen molar-refractivity contribution in [3.8, 4) is 0 Å². The van der Waals surface area contributed by atoms with Gasteiger partial charge in [-0.1, -0.05) is 26.8 Å². The van der Waals surface area contributed by atoms with Gasteiger partial charge in [0.05, 0.1) is 0 Å². The average molecular weight is 332 g/mol. The molecule has 0 aromatic heterocycles. The number of fused-ring (bicyclic) bond motifs is 1. The van der Waals surface area contributed by atoms with Crippen molar-refractivity contribution in [1.29, 1.82) is 0 Å². The molecule has 4 heteroatoms. The van der Waals surface area contributed by atoms with Crippen LogP contribution in [0.3, 0.4) is 0 Å². The van der Waals surface area contributed by atoms with Gasteiger partial charge in [-0.2, -0.15) is 0 Å². The van der Waals surface area contributed by atoms with Gasteiger partial charge in [-0.15, -0.1) is 0 Å². The topological polar surface area (TPSA) is 64.3 Å². The predicted molar refractivity (Wildman–Crippen MR) is 99.2 cm³/mol. The molecule has 24 heavy (non-hydrogen) atoms. The van der Waals surface area contributed by atoms with Crippen LogP contribution >= 0.6 is 0 Å². The van der Waals surface area contributed by atoms with Crippen molar-refractivity contribution in [2.45, 2.75) is 71.8 Å². The van der Waals surface area contributed by atoms with Crippen molar-refractivity contribution >= 4 is 11.8 Å². The summed E-state index contributed by atoms with van der Waals surface area (Å²) in [6.07, 6.45) is 2.72. The van der Waals surface area contributed by atoms with Gasteiger partial charge >= 0.3 is 6.09 Å². The minimum atomic E-state index is -0.473. The molecule has 3 N–H and O–H groups in total. The van der Waals surface area contributed by atoms with Gasteiger partial charge in [0.15, 0.2) is 0 Å². The third-order valence-corrected chi connectivity index (χ3v) is 5.53. The fourth-order valence-corrected chi connectivity index (χ4v) is 3.62. The summed E-state index contributed by atoms with van der Waals surface area (Å²) < 4.78 is 5.33. The normalized spacial score (nSPS) is 22.6. The van der Waals surface area contributed by atoms with Gasteiger partial charge in [-0.3, -0.25) is 0 Å². The number of rotatable bonds is 3. The first-order valence-corrected chi connectivity index (χ1v) is 8.80. The number of carbonyl (C=O) groups is 1. The molecule has 4 nitrogen and oxygen atoms in total. The minimum Gasteiger partial charge on any atom is -0.444 e. The Bertz CT molecular complexity index is 617. The second kappa shape index (κ2) is 6.30. The van der Waals surface area contributed by atoms with Crippen LogP contribution in [0.1, 0.15) is 65.5 Å². The molecule has 1 amide bonds. The second-order valence-electron chi connectivity index (χ2n) is 8.81. The fraction of sp³-hybridized carbons (Fsp3) is 0.650. The van der Waals surface area contributed by atoms with Gasteiger partial charge < -0.3 is 15.8 Å². The number of hydrogen-bond acceptors (Lipinski definition) is 3. The van der Waals surface area contributed by atoms with Crippen LogP contribution in [-0.4, -0.2) is 18.2 Å². The first kappa shape index (κ1) is 18.6. The third kappa shape index (κ3) is 3.85. The molecular formula is C20H32N2O2. The van der Waals surface area contributed by atoms with Crippen molar-refractivity contribution in [1.82, 2.24) is 5.32 Å². The molecule has 1 aliphatic rings. The van der Waals surface area contributed by atoms with E-state index in [9.17, 15) is 4.79 Å². The monoisotopic (exact) mass is 332 g/mol. The first-order valence-electron chi connectivity index (χ1n) is 8.80. The summed E-state index contributed by atoms with van der Waals surface area (Å²) in [4.78, 5) is 11.9. The summed E-state index contributed by atoms with van der Waals surface area (Å²) >= 11 is 0. The maximum atomic E-state index is 11.9. The van der Waals surface area contributed by atoms with E-state index in [-0.39, 0.29) is 16.9 Å². The molecule has 1 unspecified atom stereocenters. The number of ether oxygens (including phenoxy) is 1. The van der Waals surface area contributed by atoms with Crippen molar-refractivity contribution < 1.29 is 9.53 Å². The molecule has 0 saturated heterocycles. The van der Waals surface area contributed by atoms with Gasteiger partial charge in [0.2, 0.25) is 0 Å². The Labute approximate surface area is 146 Å². The van der Waals surface area contributed by atoms with Gasteiger partial charge in [-0.25, -0.2) is 4.79 Å². The molecule has 0 aliphatic heterocycles. The van der Waals surface area contributed by atoms with E-state index in [4.69, 9.17) is 10.5 Å². The smallest absolute Gasteiger partial charge is 0.407 e. The summed E-state index contributed by atoms with van der Waals surface area (Å²) in [5.74, 6) is 0. The summed E-state index contributed by atoms with van der Waals surface area (Å²) in [7, 11) is 0. The van der Waals surface area contributed by atoms with Crippen LogP contribution in [0.25, 0.3) is 0 Å². The van der Waals surface area contributed by atoms with Gasteiger partial charge in [0.25, 0.3) is 0 Å². The van der Waals surface area contributed by atoms with Crippen molar-refractivity contribution in [3.05, 3.63) is 29.3 Å². The zero-order valence-electron chi connectivity index (χ0n) is 16.0. The van der Waals surface area contributed by atoms with E-state index in [1.165, 1.54) is 11.1 Å². The molecule has 2 rings (SSSR count). The van der Waals surface area contributed by atoms with E-state index < -0.39 is 5.60 Å². The van der Waals surface area contributed by atoms with Crippen LogP contribution in [0.5, 0.6) is 0 Å². The van der Waals surface area contributed by atoms with Crippen LogP contribution in [0.15, 0.2) is 18.2 Å². The van der Waals surface area contributed by atoms with Gasteiger partial charge in [-0.05, 0) is 74.1 Å². The van der Waals surface area contributed by atoms with Crippen molar-refractivity contribution in [2.75, 3.05) is 12.3 Å². The summed E-state index contributed by atoms with van der Waals surface area (Å²) in [6, 6.07) is 6.25. The van der Waals surface area contributed by atoms with Crippen molar-refractivity contribution in [2.24, 2.45) is 5.41 Å². The Balaban J connectivity index is 2.15. The summed E-state index contributed by atoms with van der Waals surface area (Å²) in [6.45, 7) is 13.1. The Morgan fingerprint density at radius 1 is 1.29 bits per heavy atom. The van der Waals surface area contributed by atoms with Crippen LogP contribution in [0.2, 0.25) is 0 Å². The molecule has 1 atom stereocenters. The molecule has 0 saturated carbocycles. The van der Waals surface area contributed by atoms with Gasteiger partial charge in [0.1, 0.15) is 5.60 Å². The number of nitrogens with two attached hydrogens (primary N) is 1. The molecule has 134 valence electrons. The van der Waals surface area contributed by atoms with Crippen LogP contribution in [0, 0.1) is 5.41 Å². The molecule has 1 aromatic rings. The SMILES string of the molecule is CC(C)(C)OC(=O)NCCC1(C)c2cc(N)ccc2CCC1(C)C. The van der Waals surface area contributed by atoms with E-state index in [0.29, 0.717) is 6.54 Å². The molecule has 0 bridgehead atoms. The highest BCUT2D eigenvalue weighted by molar-refractivity contribution is 5.67. The Morgan fingerprint density at radius 3 is 2.58 bits per heavy atom. The number of carbonyl (C=O) groups excluding carboxylic acids is 1. The van der Waals surface area contributed by atoms with Crippen LogP contribution in [-0.2, 0) is 16.6 Å². The largest absolute Gasteiger partial charge is 0.444 e. The Kier molecular flexibility index (Phi) is 4.89. The number of benzene rings is 1. The lowest BCUT2D eigenvalue weighted by molar-refractivity contribution is 0.0512. The zero-order valence-corrected chi connectivity index (χ0v) is 16.0. The lowest BCUT2D eigenvalue weighted by Gasteiger charge is -2.49. The van der Waals surface area contributed by atoms with E-state index in [1.54, 1.807) is 0 Å². The number of amides is 1. The molecule has 0 fully saturated rings. The van der Waals surface area contributed by atoms with Crippen LogP contribution in [0.4, 0.5) is 10.5 Å². The molecular weight excluding hydrogens is 300 g/mol. The second-order valence-corrected chi connectivity index (χ2v) is 8.81. The highest BCUT2D eigenvalue weighted by atomic mass is 16.6. The summed E-state index contributed by atoms with van der Waals surface area (Å²) in [5, 5.41) is 2.90. The van der Waals surface area contributed by atoms with Crippen molar-refractivity contribution in [3.63, 3.8) is 0 Å². The van der Waals surface area contributed by atoms with E-state index >= 15 is 0 Å². The highest BCUT2D eigenvalue weighted by Gasteiger charge is 2.45. The van der Waals surface area contributed by atoms with Crippen LogP contribution < -0.4 is 11.1 Å². The lowest BCUT2D eigenvalue weighted by atomic mass is 9.55. The number of aryl methyl sites for hydroxylation is 1. The molecule has 0 spiro atoms. The molecule has 0 heterocycles. The third-order valence-electron chi connectivity index (χ3n) is 5.53. The number of anilines is 1. The number of nitrogens with one attached hydrogen (secondary N) is 1. The number of alkyl carbamates (subject to hydrolysis) is 1. The number of nitrogen functional groups attached to an aromatic ring is 1.